The van der Waals surface area contributed by atoms with Crippen molar-refractivity contribution in [2.24, 2.45) is 17.3 Å². The Kier molecular flexibility index (Phi) is 10.2. The Morgan fingerprint density at radius 1 is 1.14 bits per heavy atom. The molecule has 0 bridgehead atoms. The summed E-state index contributed by atoms with van der Waals surface area (Å²) < 4.78 is 11.3. The summed E-state index contributed by atoms with van der Waals surface area (Å²) in [6.45, 7) is 11.7. The molecule has 3 rings (SSSR count). The Bertz CT molecular complexity index is 776. The lowest BCUT2D eigenvalue weighted by Gasteiger charge is -2.42. The molecule has 0 saturated heterocycles. The molecule has 35 heavy (non-hydrogen) atoms. The van der Waals surface area contributed by atoms with E-state index in [-0.39, 0.29) is 18.8 Å². The average Bonchev–Trinajstić information content (AvgIpc) is 3.13. The molecule has 3 fully saturated rings. The predicted molar refractivity (Wildman–Crippen MR) is 140 cm³/mol. The normalized spacial score (nSPS) is 33.8. The minimum absolute atomic E-state index is 0.0907. The second kappa shape index (κ2) is 12.7. The fourth-order valence-corrected chi connectivity index (χ4v) is 6.83. The van der Waals surface area contributed by atoms with Gasteiger partial charge in [-0.25, -0.2) is 0 Å². The van der Waals surface area contributed by atoms with Crippen LogP contribution in [0.4, 0.5) is 0 Å². The number of hydrogen-bond acceptors (Lipinski definition) is 5. The number of fused-ring (bicyclic) bond motifs is 1. The first kappa shape index (κ1) is 28.1. The molecule has 0 heterocycles. The Morgan fingerprint density at radius 2 is 1.94 bits per heavy atom. The summed E-state index contributed by atoms with van der Waals surface area (Å²) in [4.78, 5) is 11.1. The average molecular weight is 489 g/mol. The Hall–Kier alpha value is -1.43. The van der Waals surface area contributed by atoms with Crippen LogP contribution in [0.25, 0.3) is 0 Å². The fourth-order valence-electron chi connectivity index (χ4n) is 6.83. The van der Waals surface area contributed by atoms with E-state index in [1.807, 2.05) is 13.8 Å². The van der Waals surface area contributed by atoms with Crippen LogP contribution in [0.1, 0.15) is 97.8 Å². The number of rotatable bonds is 12. The summed E-state index contributed by atoms with van der Waals surface area (Å²) >= 11 is 0. The lowest BCUT2D eigenvalue weighted by atomic mass is 9.62. The van der Waals surface area contributed by atoms with Crippen molar-refractivity contribution in [2.75, 3.05) is 13.2 Å². The van der Waals surface area contributed by atoms with Crippen LogP contribution in [0.15, 0.2) is 35.5 Å². The molecule has 3 aliphatic carbocycles. The van der Waals surface area contributed by atoms with Gasteiger partial charge in [-0.2, -0.15) is 0 Å². The molecule has 0 aromatic heterocycles. The quantitative estimate of drug-likeness (QED) is 0.258. The number of aliphatic hydroxyl groups excluding tert-OH is 1. The van der Waals surface area contributed by atoms with Gasteiger partial charge in [0, 0.05) is 26.1 Å². The van der Waals surface area contributed by atoms with Gasteiger partial charge in [0.1, 0.15) is 6.10 Å². The molecule has 5 nitrogen and oxygen atoms in total. The maximum Gasteiger partial charge on any atom is 0.293 e. The minimum Gasteiger partial charge on any atom is -0.461 e. The van der Waals surface area contributed by atoms with E-state index in [1.54, 1.807) is 5.57 Å². The molecule has 5 heteroatoms. The van der Waals surface area contributed by atoms with Gasteiger partial charge in [-0.15, -0.1) is 0 Å². The number of carbonyl (C=O) groups is 1. The zero-order chi connectivity index (χ0) is 25.5. The molecule has 3 saturated carbocycles. The molecule has 0 aromatic carbocycles. The second-order valence-corrected chi connectivity index (χ2v) is 11.9. The molecule has 5 atom stereocenters. The Morgan fingerprint density at radius 3 is 2.66 bits per heavy atom. The van der Waals surface area contributed by atoms with E-state index >= 15 is 0 Å². The van der Waals surface area contributed by atoms with Crippen LogP contribution in [0.5, 0.6) is 0 Å². The van der Waals surface area contributed by atoms with Crippen molar-refractivity contribution in [3.05, 3.63) is 35.5 Å². The van der Waals surface area contributed by atoms with E-state index < -0.39 is 5.60 Å². The summed E-state index contributed by atoms with van der Waals surface area (Å²) in [7, 11) is 0. The van der Waals surface area contributed by atoms with Gasteiger partial charge in [0.15, 0.2) is 0 Å². The van der Waals surface area contributed by atoms with Crippen molar-refractivity contribution in [1.29, 1.82) is 0 Å². The van der Waals surface area contributed by atoms with Crippen LogP contribution in [-0.2, 0) is 14.3 Å². The second-order valence-electron chi connectivity index (χ2n) is 11.9. The zero-order valence-electron chi connectivity index (χ0n) is 22.3. The first-order valence-corrected chi connectivity index (χ1v) is 13.8. The first-order chi connectivity index (χ1) is 16.7. The lowest BCUT2D eigenvalue weighted by Crippen LogP contribution is -2.36. The third-order valence-corrected chi connectivity index (χ3v) is 8.85. The van der Waals surface area contributed by atoms with E-state index in [2.05, 4.69) is 25.7 Å². The van der Waals surface area contributed by atoms with Crippen molar-refractivity contribution >= 4 is 6.47 Å². The van der Waals surface area contributed by atoms with Crippen molar-refractivity contribution in [1.82, 2.24) is 0 Å². The molecule has 0 radical (unpaired) electrons. The van der Waals surface area contributed by atoms with E-state index in [0.29, 0.717) is 43.7 Å². The van der Waals surface area contributed by atoms with Crippen LogP contribution < -0.4 is 0 Å². The molecule has 3 aliphatic rings. The Balaban J connectivity index is 1.64. The third-order valence-electron chi connectivity index (χ3n) is 8.85. The number of aliphatic hydroxyl groups is 2. The van der Waals surface area contributed by atoms with E-state index in [4.69, 9.17) is 14.6 Å². The van der Waals surface area contributed by atoms with Crippen LogP contribution >= 0.6 is 0 Å². The molecule has 2 N–H and O–H groups in total. The standard InChI is InChI=1S/C30H48O5/c1-22-19-27(34-18-8-17-31)28(35-21-32)20-24(22)12-11-23-9-7-16-30(4)25(13-14-26(23)30)10-5-6-15-29(2,3)33/h11-12,21,25-28,31,33H,1,5-10,13-20H2,2-4H3/b23-11+,24-12+/t25?,26?,27-,28?,30?/m0/s1. The minimum atomic E-state index is -0.555. The molecule has 0 spiro atoms. The molecule has 0 aliphatic heterocycles. The van der Waals surface area contributed by atoms with Crippen molar-refractivity contribution in [3.63, 3.8) is 0 Å². The van der Waals surface area contributed by atoms with Gasteiger partial charge in [-0.05, 0) is 93.6 Å². The van der Waals surface area contributed by atoms with Gasteiger partial charge in [-0.3, -0.25) is 4.79 Å². The monoisotopic (exact) mass is 488 g/mol. The zero-order valence-corrected chi connectivity index (χ0v) is 22.3. The van der Waals surface area contributed by atoms with Gasteiger partial charge < -0.3 is 19.7 Å². The first-order valence-electron chi connectivity index (χ1n) is 13.8. The fraction of sp³-hybridized carbons (Fsp3) is 0.767. The highest BCUT2D eigenvalue weighted by Gasteiger charge is 2.48. The Labute approximate surface area is 212 Å². The predicted octanol–water partition coefficient (Wildman–Crippen LogP) is 6.05. The summed E-state index contributed by atoms with van der Waals surface area (Å²) in [5, 5.41) is 19.0. The van der Waals surface area contributed by atoms with Crippen LogP contribution in [0, 0.1) is 17.3 Å². The number of unbranched alkanes of at least 4 members (excludes halogenated alkanes) is 1. The maximum atomic E-state index is 11.1. The number of hydrogen-bond donors (Lipinski definition) is 2. The van der Waals surface area contributed by atoms with Gasteiger partial charge in [-0.1, -0.05) is 44.1 Å². The molecular weight excluding hydrogens is 440 g/mol. The smallest absolute Gasteiger partial charge is 0.293 e. The summed E-state index contributed by atoms with van der Waals surface area (Å²) in [6, 6.07) is 0. The van der Waals surface area contributed by atoms with E-state index in [1.165, 1.54) is 44.9 Å². The van der Waals surface area contributed by atoms with Crippen LogP contribution in [-0.4, -0.2) is 47.7 Å². The number of ether oxygens (including phenoxy) is 2. The van der Waals surface area contributed by atoms with Crippen molar-refractivity contribution in [2.45, 2.75) is 116 Å². The van der Waals surface area contributed by atoms with E-state index in [0.717, 1.165) is 29.9 Å². The van der Waals surface area contributed by atoms with Crippen LogP contribution in [0.2, 0.25) is 0 Å². The molecule has 0 amide bonds. The molecule has 0 aromatic rings. The molecule has 198 valence electrons. The molecule has 4 unspecified atom stereocenters. The van der Waals surface area contributed by atoms with Crippen molar-refractivity contribution in [3.8, 4) is 0 Å². The van der Waals surface area contributed by atoms with Crippen molar-refractivity contribution < 1.29 is 24.5 Å². The number of carbonyl (C=O) groups excluding carboxylic acids is 1. The SMILES string of the molecule is C=C1C[C@H](OCCCO)C(OC=O)C/C1=C\C=C1/CCCC2(C)C(CCCCC(C)(C)O)CCC12. The molecular formula is C30H48O5. The third kappa shape index (κ3) is 7.53. The van der Waals surface area contributed by atoms with Gasteiger partial charge >= 0.3 is 0 Å². The summed E-state index contributed by atoms with van der Waals surface area (Å²) in [5.74, 6) is 1.43. The highest BCUT2D eigenvalue weighted by Crippen LogP contribution is 2.58. The topological polar surface area (TPSA) is 76.0 Å². The lowest BCUT2D eigenvalue weighted by molar-refractivity contribution is -0.143. The van der Waals surface area contributed by atoms with Gasteiger partial charge in [0.05, 0.1) is 11.7 Å². The van der Waals surface area contributed by atoms with Crippen LogP contribution in [0.3, 0.4) is 0 Å². The summed E-state index contributed by atoms with van der Waals surface area (Å²) in [5.41, 5.74) is 3.61. The van der Waals surface area contributed by atoms with E-state index in [9.17, 15) is 9.90 Å². The largest absolute Gasteiger partial charge is 0.461 e. The highest BCUT2D eigenvalue weighted by atomic mass is 16.6. The maximum absolute atomic E-state index is 11.1. The highest BCUT2D eigenvalue weighted by molar-refractivity contribution is 5.41. The number of allylic oxidation sites excluding steroid dienone is 3. The van der Waals surface area contributed by atoms with Gasteiger partial charge in [0.25, 0.3) is 6.47 Å². The summed E-state index contributed by atoms with van der Waals surface area (Å²) in [6.07, 6.45) is 16.7. The van der Waals surface area contributed by atoms with Gasteiger partial charge in [0.2, 0.25) is 0 Å².